The lowest BCUT2D eigenvalue weighted by Crippen LogP contribution is -2.52. The van der Waals surface area contributed by atoms with Crippen LogP contribution in [0.25, 0.3) is 10.9 Å². The van der Waals surface area contributed by atoms with Crippen LogP contribution in [0.1, 0.15) is 50.4 Å². The normalized spacial score (nSPS) is 17.3. The van der Waals surface area contributed by atoms with Crippen LogP contribution in [0.2, 0.25) is 0 Å². The van der Waals surface area contributed by atoms with Crippen LogP contribution in [-0.2, 0) is 9.59 Å². The molecule has 1 saturated carbocycles. The highest BCUT2D eigenvalue weighted by Crippen LogP contribution is 2.30. The summed E-state index contributed by atoms with van der Waals surface area (Å²) >= 11 is 0. The molecule has 182 valence electrons. The smallest absolute Gasteiger partial charge is 0.336 e. The van der Waals surface area contributed by atoms with Crippen LogP contribution in [0.5, 0.6) is 0 Å². The van der Waals surface area contributed by atoms with Gasteiger partial charge >= 0.3 is 5.97 Å². The minimum atomic E-state index is -1.03. The number of piperazine rings is 1. The maximum absolute atomic E-state index is 12.3. The largest absolute Gasteiger partial charge is 0.478 e. The molecule has 9 heteroatoms. The van der Waals surface area contributed by atoms with Crippen LogP contribution in [0, 0.1) is 5.92 Å². The Balaban J connectivity index is 1.47. The van der Waals surface area contributed by atoms with Gasteiger partial charge in [-0.3, -0.25) is 14.5 Å². The molecular formula is C25H33N5O4. The molecule has 0 radical (unpaired) electrons. The lowest BCUT2D eigenvalue weighted by Gasteiger charge is -2.35. The Morgan fingerprint density at radius 1 is 1.09 bits per heavy atom. The minimum absolute atomic E-state index is 0.00172. The topological polar surface area (TPSA) is 115 Å². The van der Waals surface area contributed by atoms with Gasteiger partial charge in [0.15, 0.2) is 0 Å². The minimum Gasteiger partial charge on any atom is -0.478 e. The van der Waals surface area contributed by atoms with E-state index >= 15 is 0 Å². The van der Waals surface area contributed by atoms with Crippen LogP contribution in [-0.4, -0.2) is 71.0 Å². The summed E-state index contributed by atoms with van der Waals surface area (Å²) in [6, 6.07) is 6.82. The van der Waals surface area contributed by atoms with Crippen molar-refractivity contribution in [2.75, 3.05) is 42.9 Å². The fourth-order valence-corrected chi connectivity index (χ4v) is 4.34. The number of amides is 2. The van der Waals surface area contributed by atoms with Gasteiger partial charge in [-0.05, 0) is 57.9 Å². The summed E-state index contributed by atoms with van der Waals surface area (Å²) < 4.78 is 0. The first-order chi connectivity index (χ1) is 16.1. The fourth-order valence-electron chi connectivity index (χ4n) is 4.34. The molecule has 2 aliphatic rings. The number of rotatable bonds is 6. The average molecular weight is 468 g/mol. The lowest BCUT2D eigenvalue weighted by molar-refractivity contribution is -0.124. The van der Waals surface area contributed by atoms with Crippen molar-refractivity contribution in [1.29, 1.82) is 0 Å². The van der Waals surface area contributed by atoms with Gasteiger partial charge in [-0.2, -0.15) is 0 Å². The van der Waals surface area contributed by atoms with Gasteiger partial charge in [0.25, 0.3) is 0 Å². The SMILES string of the molecule is CC(C)(C)NC(=O)CN1CCN(c2cc(C(=O)O)c3cc(NC(=O)C4CCC4)ccc3n2)CC1. The van der Waals surface area contributed by atoms with Crippen LogP contribution in [0.15, 0.2) is 24.3 Å². The Hall–Kier alpha value is -3.20. The monoisotopic (exact) mass is 467 g/mol. The van der Waals surface area contributed by atoms with Crippen LogP contribution in [0.4, 0.5) is 11.5 Å². The Bertz CT molecular complexity index is 1100. The van der Waals surface area contributed by atoms with Crippen molar-refractivity contribution in [3.05, 3.63) is 29.8 Å². The highest BCUT2D eigenvalue weighted by molar-refractivity contribution is 6.05. The molecule has 2 fully saturated rings. The molecule has 1 aliphatic heterocycles. The molecule has 1 aromatic carbocycles. The maximum Gasteiger partial charge on any atom is 0.336 e. The molecule has 0 atom stereocenters. The summed E-state index contributed by atoms with van der Waals surface area (Å²) in [6.07, 6.45) is 2.88. The molecule has 2 heterocycles. The molecule has 0 spiro atoms. The Labute approximate surface area is 199 Å². The average Bonchev–Trinajstić information content (AvgIpc) is 2.70. The fraction of sp³-hybridized carbons (Fsp3) is 0.520. The zero-order valence-corrected chi connectivity index (χ0v) is 20.1. The zero-order chi connectivity index (χ0) is 24.5. The quantitative estimate of drug-likeness (QED) is 0.598. The number of aromatic nitrogens is 1. The second-order valence-corrected chi connectivity index (χ2v) is 10.2. The number of pyridine rings is 1. The summed E-state index contributed by atoms with van der Waals surface area (Å²) in [7, 11) is 0. The number of anilines is 2. The number of hydrogen-bond donors (Lipinski definition) is 3. The highest BCUT2D eigenvalue weighted by atomic mass is 16.4. The molecule has 4 rings (SSSR count). The first-order valence-corrected chi connectivity index (χ1v) is 11.9. The van der Waals surface area contributed by atoms with E-state index in [-0.39, 0.29) is 28.8 Å². The molecule has 1 saturated heterocycles. The van der Waals surface area contributed by atoms with Gasteiger partial charge in [-0.15, -0.1) is 0 Å². The van der Waals surface area contributed by atoms with E-state index < -0.39 is 5.97 Å². The summed E-state index contributed by atoms with van der Waals surface area (Å²) in [6.45, 7) is 8.88. The van der Waals surface area contributed by atoms with E-state index in [1.54, 1.807) is 24.3 Å². The lowest BCUT2D eigenvalue weighted by atomic mass is 9.85. The molecule has 2 amide bonds. The molecule has 0 bridgehead atoms. The number of benzene rings is 1. The van der Waals surface area contributed by atoms with Crippen molar-refractivity contribution in [3.8, 4) is 0 Å². The summed E-state index contributed by atoms with van der Waals surface area (Å²) in [5, 5.41) is 16.2. The van der Waals surface area contributed by atoms with Gasteiger partial charge in [-0.25, -0.2) is 9.78 Å². The zero-order valence-electron chi connectivity index (χ0n) is 20.1. The third-order valence-corrected chi connectivity index (χ3v) is 6.35. The van der Waals surface area contributed by atoms with Gasteiger partial charge in [0.2, 0.25) is 11.8 Å². The number of aromatic carboxylic acids is 1. The number of hydrogen-bond acceptors (Lipinski definition) is 6. The number of nitrogens with zero attached hydrogens (tertiary/aromatic N) is 3. The molecule has 1 aromatic heterocycles. The summed E-state index contributed by atoms with van der Waals surface area (Å²) in [5.74, 6) is -0.392. The van der Waals surface area contributed by atoms with Crippen molar-refractivity contribution in [2.24, 2.45) is 5.92 Å². The second-order valence-electron chi connectivity index (χ2n) is 10.2. The van der Waals surface area contributed by atoms with E-state index in [1.165, 1.54) is 0 Å². The van der Waals surface area contributed by atoms with Crippen molar-refractivity contribution in [2.45, 2.75) is 45.6 Å². The van der Waals surface area contributed by atoms with Crippen molar-refractivity contribution in [3.63, 3.8) is 0 Å². The van der Waals surface area contributed by atoms with E-state index in [4.69, 9.17) is 4.98 Å². The van der Waals surface area contributed by atoms with E-state index in [0.717, 1.165) is 19.3 Å². The standard InChI is InChI=1S/C25H33N5O4/c1-25(2,3)28-22(31)15-29-9-11-30(12-10-29)21-14-19(24(33)34)18-13-17(7-8-20(18)27-21)26-23(32)16-5-4-6-16/h7-8,13-14,16H,4-6,9-12,15H2,1-3H3,(H,26,32)(H,28,31)(H,33,34). The predicted molar refractivity (Wildman–Crippen MR) is 131 cm³/mol. The second kappa shape index (κ2) is 9.58. The molecule has 0 unspecified atom stereocenters. The van der Waals surface area contributed by atoms with Crippen molar-refractivity contribution < 1.29 is 19.5 Å². The molecule has 9 nitrogen and oxygen atoms in total. The van der Waals surface area contributed by atoms with E-state index in [0.29, 0.717) is 55.1 Å². The van der Waals surface area contributed by atoms with E-state index in [2.05, 4.69) is 20.4 Å². The van der Waals surface area contributed by atoms with Crippen molar-refractivity contribution >= 4 is 40.2 Å². The Kier molecular flexibility index (Phi) is 6.74. The Morgan fingerprint density at radius 2 is 1.79 bits per heavy atom. The first kappa shape index (κ1) is 23.9. The van der Waals surface area contributed by atoms with Crippen LogP contribution in [0.3, 0.4) is 0 Å². The van der Waals surface area contributed by atoms with E-state index in [9.17, 15) is 19.5 Å². The van der Waals surface area contributed by atoms with Gasteiger partial charge < -0.3 is 20.6 Å². The molecule has 3 N–H and O–H groups in total. The predicted octanol–water partition coefficient (Wildman–Crippen LogP) is 2.71. The molecule has 2 aromatic rings. The summed E-state index contributed by atoms with van der Waals surface area (Å²) in [4.78, 5) is 45.4. The number of nitrogens with one attached hydrogen (secondary N) is 2. The third-order valence-electron chi connectivity index (χ3n) is 6.35. The number of carbonyl (C=O) groups excluding carboxylic acids is 2. The van der Waals surface area contributed by atoms with Gasteiger partial charge in [0.05, 0.1) is 17.6 Å². The number of carboxylic acids is 1. The van der Waals surface area contributed by atoms with Gasteiger partial charge in [0, 0.05) is 48.7 Å². The molecule has 34 heavy (non-hydrogen) atoms. The maximum atomic E-state index is 12.3. The van der Waals surface area contributed by atoms with Gasteiger partial charge in [0.1, 0.15) is 5.82 Å². The first-order valence-electron chi connectivity index (χ1n) is 11.9. The highest BCUT2D eigenvalue weighted by Gasteiger charge is 2.26. The van der Waals surface area contributed by atoms with Crippen LogP contribution < -0.4 is 15.5 Å². The van der Waals surface area contributed by atoms with Gasteiger partial charge in [-0.1, -0.05) is 6.42 Å². The number of carbonyl (C=O) groups is 3. The molecular weight excluding hydrogens is 434 g/mol. The van der Waals surface area contributed by atoms with Crippen LogP contribution >= 0.6 is 0 Å². The number of fused-ring (bicyclic) bond motifs is 1. The van der Waals surface area contributed by atoms with Crippen molar-refractivity contribution in [1.82, 2.24) is 15.2 Å². The number of carboxylic acid groups (broad SMARTS) is 1. The third kappa shape index (κ3) is 5.64. The Morgan fingerprint density at radius 3 is 2.38 bits per heavy atom. The molecule has 1 aliphatic carbocycles. The van der Waals surface area contributed by atoms with E-state index in [1.807, 2.05) is 20.8 Å². The summed E-state index contributed by atoms with van der Waals surface area (Å²) in [5.41, 5.74) is 1.06.